The van der Waals surface area contributed by atoms with Gasteiger partial charge in [-0.05, 0) is 24.6 Å². The molecule has 0 atom stereocenters. The molecule has 0 saturated carbocycles. The number of methoxy groups -OCH3 is 2. The molecule has 114 valence electrons. The summed E-state index contributed by atoms with van der Waals surface area (Å²) in [5, 5.41) is 9.47. The molecule has 0 aliphatic heterocycles. The molecule has 0 amide bonds. The molecule has 1 heterocycles. The van der Waals surface area contributed by atoms with E-state index in [1.54, 1.807) is 14.2 Å². The third-order valence-corrected chi connectivity index (χ3v) is 3.77. The molecule has 0 bridgehead atoms. The van der Waals surface area contributed by atoms with E-state index in [-0.39, 0.29) is 0 Å². The number of aryl methyl sites for hydroxylation is 1. The van der Waals surface area contributed by atoms with Crippen LogP contribution in [0.5, 0.6) is 11.5 Å². The van der Waals surface area contributed by atoms with Crippen molar-refractivity contribution in [2.45, 2.75) is 20.3 Å². The first-order valence-corrected chi connectivity index (χ1v) is 7.04. The van der Waals surface area contributed by atoms with Crippen LogP contribution in [0.3, 0.4) is 0 Å². The summed E-state index contributed by atoms with van der Waals surface area (Å²) in [5.41, 5.74) is 10.2. The zero-order valence-corrected chi connectivity index (χ0v) is 13.3. The summed E-state index contributed by atoms with van der Waals surface area (Å²) >= 11 is 0. The molecule has 2 rings (SSSR count). The molecule has 0 fully saturated rings. The quantitative estimate of drug-likeness (QED) is 0.940. The topological polar surface area (TPSA) is 82.4 Å². The van der Waals surface area contributed by atoms with Crippen LogP contribution in [-0.2, 0) is 6.42 Å². The van der Waals surface area contributed by atoms with Gasteiger partial charge in [0.05, 0.1) is 14.2 Å². The number of benzene rings is 1. The number of hydrogen-bond acceptors (Lipinski definition) is 4. The minimum absolute atomic E-state index is 0.384. The second-order valence-corrected chi connectivity index (χ2v) is 4.93. The van der Waals surface area contributed by atoms with Crippen molar-refractivity contribution in [2.75, 3.05) is 20.0 Å². The lowest BCUT2D eigenvalue weighted by molar-refractivity contribution is -0.373. The number of nitriles is 1. The van der Waals surface area contributed by atoms with Crippen LogP contribution in [-0.4, -0.2) is 14.2 Å². The third kappa shape index (κ3) is 2.56. The lowest BCUT2D eigenvalue weighted by atomic mass is 9.94. The first-order valence-electron chi connectivity index (χ1n) is 7.04. The van der Waals surface area contributed by atoms with Gasteiger partial charge in [-0.1, -0.05) is 13.0 Å². The van der Waals surface area contributed by atoms with Gasteiger partial charge in [0.2, 0.25) is 0 Å². The van der Waals surface area contributed by atoms with Crippen molar-refractivity contribution < 1.29 is 14.5 Å². The van der Waals surface area contributed by atoms with Crippen LogP contribution in [0, 0.1) is 18.3 Å². The van der Waals surface area contributed by atoms with Gasteiger partial charge in [-0.3, -0.25) is 5.73 Å². The van der Waals surface area contributed by atoms with Crippen molar-refractivity contribution in [1.82, 2.24) is 0 Å². The van der Waals surface area contributed by atoms with E-state index in [4.69, 9.17) is 15.2 Å². The molecule has 5 heteroatoms. The van der Waals surface area contributed by atoms with Crippen molar-refractivity contribution in [3.63, 3.8) is 0 Å². The predicted octanol–water partition coefficient (Wildman–Crippen LogP) is 2.51. The van der Waals surface area contributed by atoms with Crippen LogP contribution < -0.4 is 20.2 Å². The van der Waals surface area contributed by atoms with Crippen LogP contribution in [0.1, 0.15) is 23.7 Å². The van der Waals surface area contributed by atoms with Crippen LogP contribution in [0.25, 0.3) is 11.1 Å². The first kappa shape index (κ1) is 15.6. The molecule has 1 aromatic carbocycles. The highest BCUT2D eigenvalue weighted by atomic mass is 16.5. The second kappa shape index (κ2) is 6.35. The molecule has 3 N–H and O–H groups in total. The van der Waals surface area contributed by atoms with Crippen molar-refractivity contribution in [1.29, 1.82) is 5.26 Å². The van der Waals surface area contributed by atoms with Crippen molar-refractivity contribution >= 4 is 5.82 Å². The van der Waals surface area contributed by atoms with Gasteiger partial charge in [0.1, 0.15) is 17.3 Å². The summed E-state index contributed by atoms with van der Waals surface area (Å²) in [6.07, 6.45) is 0.808. The van der Waals surface area contributed by atoms with Gasteiger partial charge in [-0.2, -0.15) is 5.26 Å². The summed E-state index contributed by atoms with van der Waals surface area (Å²) in [6, 6.07) is 7.79. The Morgan fingerprint density at radius 2 is 1.91 bits per heavy atom. The summed E-state index contributed by atoms with van der Waals surface area (Å²) in [5.74, 6) is 1.65. The lowest BCUT2D eigenvalue weighted by Crippen LogP contribution is -2.20. The number of aromatic amines is 1. The zero-order chi connectivity index (χ0) is 16.3. The largest absolute Gasteiger partial charge is 0.493 e. The average molecular weight is 298 g/mol. The predicted molar refractivity (Wildman–Crippen MR) is 84.8 cm³/mol. The number of nitrogen functional groups attached to an aromatic ring is 1. The van der Waals surface area contributed by atoms with E-state index >= 15 is 0 Å². The molecule has 2 aromatic rings. The van der Waals surface area contributed by atoms with Gasteiger partial charge in [0, 0.05) is 17.5 Å². The van der Waals surface area contributed by atoms with Crippen LogP contribution in [0.4, 0.5) is 5.82 Å². The molecular weight excluding hydrogens is 278 g/mol. The van der Waals surface area contributed by atoms with E-state index in [0.29, 0.717) is 22.9 Å². The number of nitrogens with zero attached hydrogens (tertiary/aromatic N) is 1. The van der Waals surface area contributed by atoms with Gasteiger partial charge in [0.25, 0.3) is 5.82 Å². The van der Waals surface area contributed by atoms with Gasteiger partial charge in [0.15, 0.2) is 11.5 Å². The van der Waals surface area contributed by atoms with E-state index < -0.39 is 0 Å². The van der Waals surface area contributed by atoms with E-state index in [0.717, 1.165) is 28.8 Å². The fourth-order valence-electron chi connectivity index (χ4n) is 2.61. The summed E-state index contributed by atoms with van der Waals surface area (Å²) < 4.78 is 10.6. The lowest BCUT2D eigenvalue weighted by Gasteiger charge is -2.14. The Hall–Kier alpha value is -2.74. The van der Waals surface area contributed by atoms with Gasteiger partial charge < -0.3 is 9.47 Å². The van der Waals surface area contributed by atoms with Gasteiger partial charge >= 0.3 is 0 Å². The Balaban J connectivity index is 2.76. The summed E-state index contributed by atoms with van der Waals surface area (Å²) in [4.78, 5) is 3.11. The molecule has 5 nitrogen and oxygen atoms in total. The standard InChI is InChI=1S/C17H19N3O2/c1-5-13-10(2)16(12(9-18)17(19)20-13)11-6-7-14(21-3)15(8-11)22-4/h6-8H,5H2,1-4H3,(H2,19,20)/p+1. The maximum absolute atomic E-state index is 9.47. The fourth-order valence-corrected chi connectivity index (χ4v) is 2.61. The Morgan fingerprint density at radius 1 is 1.23 bits per heavy atom. The highest BCUT2D eigenvalue weighted by Crippen LogP contribution is 2.36. The van der Waals surface area contributed by atoms with E-state index in [2.05, 4.69) is 11.1 Å². The molecule has 1 aromatic heterocycles. The highest BCUT2D eigenvalue weighted by Gasteiger charge is 2.20. The van der Waals surface area contributed by atoms with Gasteiger partial charge in [-0.25, -0.2) is 4.98 Å². The van der Waals surface area contributed by atoms with Crippen molar-refractivity contribution in [2.24, 2.45) is 0 Å². The smallest absolute Gasteiger partial charge is 0.289 e. The van der Waals surface area contributed by atoms with Crippen LogP contribution in [0.15, 0.2) is 18.2 Å². The Bertz CT molecular complexity index is 748. The van der Waals surface area contributed by atoms with E-state index in [9.17, 15) is 5.26 Å². The van der Waals surface area contributed by atoms with Crippen molar-refractivity contribution in [3.05, 3.63) is 35.0 Å². The fraction of sp³-hybridized carbons (Fsp3) is 0.294. The number of nitrogens with two attached hydrogens (primary N) is 1. The minimum atomic E-state index is 0.384. The number of pyridine rings is 1. The average Bonchev–Trinajstić information content (AvgIpc) is 2.55. The van der Waals surface area contributed by atoms with Crippen LogP contribution in [0.2, 0.25) is 0 Å². The molecular formula is C17H20N3O2+. The SMILES string of the molecule is CCc1[nH+]c(N)c(C#N)c(-c2ccc(OC)c(OC)c2)c1C. The molecule has 22 heavy (non-hydrogen) atoms. The van der Waals surface area contributed by atoms with Crippen LogP contribution >= 0.6 is 0 Å². The molecule has 0 aliphatic carbocycles. The number of ether oxygens (including phenoxy) is 2. The Morgan fingerprint density at radius 3 is 2.45 bits per heavy atom. The normalized spacial score (nSPS) is 10.1. The summed E-state index contributed by atoms with van der Waals surface area (Å²) in [6.45, 7) is 4.03. The molecule has 0 saturated heterocycles. The Kier molecular flexibility index (Phi) is 4.52. The molecule has 0 unspecified atom stereocenters. The maximum Gasteiger partial charge on any atom is 0.289 e. The van der Waals surface area contributed by atoms with Gasteiger partial charge in [-0.15, -0.1) is 0 Å². The maximum atomic E-state index is 9.47. The number of H-pyrrole nitrogens is 1. The second-order valence-electron chi connectivity index (χ2n) is 4.93. The number of aromatic nitrogens is 1. The summed E-state index contributed by atoms with van der Waals surface area (Å²) in [7, 11) is 3.18. The van der Waals surface area contributed by atoms with E-state index in [1.807, 2.05) is 32.0 Å². The monoisotopic (exact) mass is 298 g/mol. The number of nitrogens with one attached hydrogen (secondary N) is 1. The molecule has 0 radical (unpaired) electrons. The third-order valence-electron chi connectivity index (χ3n) is 3.77. The number of anilines is 1. The first-order chi connectivity index (χ1) is 10.6. The van der Waals surface area contributed by atoms with Crippen molar-refractivity contribution in [3.8, 4) is 28.7 Å². The Labute approximate surface area is 130 Å². The zero-order valence-electron chi connectivity index (χ0n) is 13.3. The number of hydrogen-bond donors (Lipinski definition) is 1. The molecule has 0 aliphatic rings. The minimum Gasteiger partial charge on any atom is -0.493 e. The molecule has 0 spiro atoms. The van der Waals surface area contributed by atoms with E-state index in [1.165, 1.54) is 0 Å². The number of rotatable bonds is 4. The highest BCUT2D eigenvalue weighted by molar-refractivity contribution is 5.78.